The minimum Gasteiger partial charge on any atom is -0.496 e. The van der Waals surface area contributed by atoms with E-state index in [-0.39, 0.29) is 12.2 Å². The van der Waals surface area contributed by atoms with Gasteiger partial charge in [0.2, 0.25) is 0 Å². The molecule has 2 rings (SSSR count). The lowest BCUT2D eigenvalue weighted by molar-refractivity contribution is 0.0991. The molecule has 0 aromatic heterocycles. The molecule has 0 bridgehead atoms. The second kappa shape index (κ2) is 5.21. The quantitative estimate of drug-likeness (QED) is 0.767. The monoisotopic (exact) mass is 247 g/mol. The van der Waals surface area contributed by atoms with E-state index in [2.05, 4.69) is 4.99 Å². The van der Waals surface area contributed by atoms with Gasteiger partial charge in [-0.25, -0.2) is 0 Å². The average Bonchev–Trinajstić information content (AvgIpc) is 2.80. The zero-order chi connectivity index (χ0) is 13.1. The van der Waals surface area contributed by atoms with Crippen LogP contribution < -0.4 is 4.74 Å². The molecule has 0 unspecified atom stereocenters. The Morgan fingerprint density at radius 3 is 2.83 bits per heavy atom. The maximum absolute atomic E-state index is 12.3. The predicted molar refractivity (Wildman–Crippen MR) is 69.7 cm³/mol. The van der Waals surface area contributed by atoms with Gasteiger partial charge in [-0.1, -0.05) is 6.07 Å². The van der Waals surface area contributed by atoms with Crippen LogP contribution in [0.3, 0.4) is 0 Å². The number of aliphatic imine (C=N–C) groups is 1. The Hall–Kier alpha value is -1.84. The number of nitrogens with zero attached hydrogens (tertiary/aromatic N) is 1. The number of hydrogen-bond acceptors (Lipinski definition) is 4. The molecule has 0 saturated carbocycles. The summed E-state index contributed by atoms with van der Waals surface area (Å²) in [5.41, 5.74) is 2.63. The van der Waals surface area contributed by atoms with E-state index < -0.39 is 0 Å². The van der Waals surface area contributed by atoms with Crippen LogP contribution in [0.25, 0.3) is 0 Å². The van der Waals surface area contributed by atoms with Crippen molar-refractivity contribution in [3.8, 4) is 5.75 Å². The summed E-state index contributed by atoms with van der Waals surface area (Å²) in [5.74, 6) is 1.14. The molecule has 1 aliphatic heterocycles. The molecule has 1 heterocycles. The lowest BCUT2D eigenvalue weighted by atomic mass is 9.99. The number of hydrogen-bond donors (Lipinski definition) is 0. The molecule has 18 heavy (non-hydrogen) atoms. The van der Waals surface area contributed by atoms with E-state index in [1.54, 1.807) is 7.11 Å². The van der Waals surface area contributed by atoms with Crippen LogP contribution in [0.5, 0.6) is 5.75 Å². The molecule has 4 heteroatoms. The second-order valence-electron chi connectivity index (χ2n) is 4.38. The maximum atomic E-state index is 12.3. The van der Waals surface area contributed by atoms with Gasteiger partial charge in [-0.2, -0.15) is 0 Å². The van der Waals surface area contributed by atoms with Crippen LogP contribution in [-0.2, 0) is 4.74 Å². The summed E-state index contributed by atoms with van der Waals surface area (Å²) in [6.45, 7) is 5.12. The molecule has 1 aromatic rings. The molecule has 1 aliphatic rings. The third-order valence-electron chi connectivity index (χ3n) is 2.90. The van der Waals surface area contributed by atoms with Crippen molar-refractivity contribution in [1.29, 1.82) is 0 Å². The van der Waals surface area contributed by atoms with Crippen LogP contribution in [0, 0.1) is 13.8 Å². The topological polar surface area (TPSA) is 47.9 Å². The van der Waals surface area contributed by atoms with Crippen molar-refractivity contribution in [3.05, 3.63) is 28.8 Å². The van der Waals surface area contributed by atoms with Crippen LogP contribution in [0.15, 0.2) is 17.1 Å². The molecule has 0 N–H and O–H groups in total. The normalized spacial score (nSPS) is 14.1. The summed E-state index contributed by atoms with van der Waals surface area (Å²) in [4.78, 5) is 16.4. The minimum absolute atomic E-state index is 0.00926. The molecule has 0 radical (unpaired) electrons. The summed E-state index contributed by atoms with van der Waals surface area (Å²) >= 11 is 0. The fraction of sp³-hybridized carbons (Fsp3) is 0.429. The number of benzene rings is 1. The largest absolute Gasteiger partial charge is 0.496 e. The SMILES string of the molecule is COc1cc(C)cc(C)c1C(=O)CC1=NCCO1. The Labute approximate surface area is 107 Å². The van der Waals surface area contributed by atoms with Gasteiger partial charge in [-0.15, -0.1) is 0 Å². The van der Waals surface area contributed by atoms with E-state index >= 15 is 0 Å². The summed E-state index contributed by atoms with van der Waals surface area (Å²) in [7, 11) is 1.58. The average molecular weight is 247 g/mol. The number of aryl methyl sites for hydroxylation is 2. The fourth-order valence-corrected chi connectivity index (χ4v) is 2.16. The van der Waals surface area contributed by atoms with Crippen molar-refractivity contribution in [2.75, 3.05) is 20.3 Å². The second-order valence-corrected chi connectivity index (χ2v) is 4.38. The van der Waals surface area contributed by atoms with Gasteiger partial charge in [0.05, 0.1) is 25.6 Å². The summed E-state index contributed by atoms with van der Waals surface area (Å²) in [6.07, 6.45) is 0.209. The van der Waals surface area contributed by atoms with E-state index in [0.717, 1.165) is 11.1 Å². The molecule has 0 saturated heterocycles. The van der Waals surface area contributed by atoms with Gasteiger partial charge in [0.15, 0.2) is 11.7 Å². The summed E-state index contributed by atoms with van der Waals surface area (Å²) in [6, 6.07) is 3.85. The Bertz CT molecular complexity index is 506. The number of rotatable bonds is 4. The molecule has 96 valence electrons. The van der Waals surface area contributed by atoms with Gasteiger partial charge in [-0.05, 0) is 31.0 Å². The van der Waals surface area contributed by atoms with Crippen molar-refractivity contribution in [1.82, 2.24) is 0 Å². The standard InChI is InChI=1S/C14H17NO3/c1-9-6-10(2)14(12(7-9)17-3)11(16)8-13-15-4-5-18-13/h6-7H,4-5,8H2,1-3H3. The summed E-state index contributed by atoms with van der Waals surface area (Å²) in [5, 5.41) is 0. The van der Waals surface area contributed by atoms with Crippen LogP contribution in [-0.4, -0.2) is 31.9 Å². The van der Waals surface area contributed by atoms with Crippen molar-refractivity contribution in [3.63, 3.8) is 0 Å². The van der Waals surface area contributed by atoms with Crippen LogP contribution in [0.1, 0.15) is 27.9 Å². The Balaban J connectivity index is 2.28. The van der Waals surface area contributed by atoms with E-state index in [0.29, 0.717) is 30.4 Å². The first-order valence-corrected chi connectivity index (χ1v) is 5.96. The van der Waals surface area contributed by atoms with E-state index in [9.17, 15) is 4.79 Å². The highest BCUT2D eigenvalue weighted by Crippen LogP contribution is 2.25. The van der Waals surface area contributed by atoms with Crippen LogP contribution >= 0.6 is 0 Å². The molecular weight excluding hydrogens is 230 g/mol. The van der Waals surface area contributed by atoms with Crippen molar-refractivity contribution >= 4 is 11.7 Å². The number of ether oxygens (including phenoxy) is 2. The van der Waals surface area contributed by atoms with Crippen molar-refractivity contribution in [2.45, 2.75) is 20.3 Å². The lowest BCUT2D eigenvalue weighted by Crippen LogP contribution is -2.11. The number of carbonyl (C=O) groups is 1. The van der Waals surface area contributed by atoms with Gasteiger partial charge in [0.25, 0.3) is 0 Å². The van der Waals surface area contributed by atoms with Gasteiger partial charge in [0.1, 0.15) is 12.4 Å². The van der Waals surface area contributed by atoms with Gasteiger partial charge >= 0.3 is 0 Å². The molecule has 0 fully saturated rings. The third kappa shape index (κ3) is 2.53. The highest BCUT2D eigenvalue weighted by atomic mass is 16.5. The molecule has 0 atom stereocenters. The van der Waals surface area contributed by atoms with Crippen molar-refractivity contribution < 1.29 is 14.3 Å². The van der Waals surface area contributed by atoms with Crippen LogP contribution in [0.2, 0.25) is 0 Å². The van der Waals surface area contributed by atoms with Gasteiger partial charge < -0.3 is 9.47 Å². The first-order valence-electron chi connectivity index (χ1n) is 5.96. The van der Waals surface area contributed by atoms with E-state index in [1.807, 2.05) is 26.0 Å². The van der Waals surface area contributed by atoms with E-state index in [1.165, 1.54) is 0 Å². The van der Waals surface area contributed by atoms with E-state index in [4.69, 9.17) is 9.47 Å². The Kier molecular flexibility index (Phi) is 3.65. The highest BCUT2D eigenvalue weighted by Gasteiger charge is 2.20. The molecular formula is C14H17NO3. The molecule has 0 amide bonds. The number of ketones is 1. The molecule has 0 spiro atoms. The van der Waals surface area contributed by atoms with Crippen molar-refractivity contribution in [2.24, 2.45) is 4.99 Å². The van der Waals surface area contributed by atoms with Gasteiger partial charge in [-0.3, -0.25) is 9.79 Å². The minimum atomic E-state index is -0.00926. The number of Topliss-reactive ketones (excluding diaryl/α,β-unsaturated/α-hetero) is 1. The molecule has 4 nitrogen and oxygen atoms in total. The predicted octanol–water partition coefficient (Wildman–Crippen LogP) is 2.31. The first-order chi connectivity index (χ1) is 8.61. The highest BCUT2D eigenvalue weighted by molar-refractivity contribution is 6.09. The lowest BCUT2D eigenvalue weighted by Gasteiger charge is -2.12. The third-order valence-corrected chi connectivity index (χ3v) is 2.90. The molecule has 1 aromatic carbocycles. The Morgan fingerprint density at radius 2 is 2.22 bits per heavy atom. The maximum Gasteiger partial charge on any atom is 0.191 e. The number of methoxy groups -OCH3 is 1. The fourth-order valence-electron chi connectivity index (χ4n) is 2.16. The molecule has 0 aliphatic carbocycles. The zero-order valence-corrected chi connectivity index (χ0v) is 10.9. The van der Waals surface area contributed by atoms with Crippen LogP contribution in [0.4, 0.5) is 0 Å². The zero-order valence-electron chi connectivity index (χ0n) is 10.9. The smallest absolute Gasteiger partial charge is 0.191 e. The number of carbonyl (C=O) groups excluding carboxylic acids is 1. The Morgan fingerprint density at radius 1 is 1.44 bits per heavy atom. The summed E-state index contributed by atoms with van der Waals surface area (Å²) < 4.78 is 10.6. The first kappa shape index (κ1) is 12.6. The van der Waals surface area contributed by atoms with Gasteiger partial charge in [0, 0.05) is 0 Å².